The van der Waals surface area contributed by atoms with Gasteiger partial charge in [0, 0.05) is 12.1 Å². The summed E-state index contributed by atoms with van der Waals surface area (Å²) in [6.45, 7) is 1.93. The molecule has 6 nitrogen and oxygen atoms in total. The molecule has 0 bridgehead atoms. The quantitative estimate of drug-likeness (QED) is 0.437. The molecule has 20 heavy (non-hydrogen) atoms. The second-order valence-corrected chi connectivity index (χ2v) is 4.14. The van der Waals surface area contributed by atoms with E-state index in [9.17, 15) is 19.3 Å². The van der Waals surface area contributed by atoms with Gasteiger partial charge >= 0.3 is 11.7 Å². The Kier molecular flexibility index (Phi) is 5.89. The van der Waals surface area contributed by atoms with Crippen LogP contribution in [0.4, 0.5) is 10.1 Å². The SMILES string of the molecule is CCCCC(Oc1cc(F)ccc1[N+](=O)[O-])C(=O)OC. The van der Waals surface area contributed by atoms with Gasteiger partial charge in [0.1, 0.15) is 5.82 Å². The average Bonchev–Trinajstić information content (AvgIpc) is 2.42. The molecule has 1 unspecified atom stereocenters. The molecule has 1 atom stereocenters. The van der Waals surface area contributed by atoms with E-state index >= 15 is 0 Å². The Morgan fingerprint density at radius 2 is 2.20 bits per heavy atom. The molecule has 7 heteroatoms. The second kappa shape index (κ2) is 7.42. The van der Waals surface area contributed by atoms with Crippen molar-refractivity contribution < 1.29 is 23.6 Å². The van der Waals surface area contributed by atoms with Crippen LogP contribution >= 0.6 is 0 Å². The lowest BCUT2D eigenvalue weighted by Crippen LogP contribution is -2.28. The zero-order chi connectivity index (χ0) is 15.1. The monoisotopic (exact) mass is 285 g/mol. The van der Waals surface area contributed by atoms with Gasteiger partial charge < -0.3 is 9.47 Å². The van der Waals surface area contributed by atoms with Crippen molar-refractivity contribution in [2.45, 2.75) is 32.3 Å². The molecule has 1 aromatic carbocycles. The van der Waals surface area contributed by atoms with E-state index in [1.165, 1.54) is 7.11 Å². The highest BCUT2D eigenvalue weighted by atomic mass is 19.1. The van der Waals surface area contributed by atoms with Crippen LogP contribution in [0.15, 0.2) is 18.2 Å². The predicted octanol–water partition coefficient (Wildman–Crippen LogP) is 2.84. The Labute approximate surface area is 115 Å². The van der Waals surface area contributed by atoms with E-state index in [1.807, 2.05) is 6.92 Å². The number of halogens is 1. The summed E-state index contributed by atoms with van der Waals surface area (Å²) in [6, 6.07) is 2.85. The first kappa shape index (κ1) is 15.9. The van der Waals surface area contributed by atoms with Crippen molar-refractivity contribution in [3.8, 4) is 5.75 Å². The van der Waals surface area contributed by atoms with E-state index in [0.717, 1.165) is 24.6 Å². The van der Waals surface area contributed by atoms with Crippen LogP contribution in [0.2, 0.25) is 0 Å². The van der Waals surface area contributed by atoms with Gasteiger partial charge in [-0.15, -0.1) is 0 Å². The fraction of sp³-hybridized carbons (Fsp3) is 0.462. The Bertz CT molecular complexity index is 492. The summed E-state index contributed by atoms with van der Waals surface area (Å²) in [6.07, 6.45) is 0.863. The van der Waals surface area contributed by atoms with Crippen LogP contribution in [0.25, 0.3) is 0 Å². The van der Waals surface area contributed by atoms with Crippen LogP contribution in [0.3, 0.4) is 0 Å². The number of hydrogen-bond acceptors (Lipinski definition) is 5. The normalized spacial score (nSPS) is 11.8. The maximum Gasteiger partial charge on any atom is 0.347 e. The van der Waals surface area contributed by atoms with Crippen LogP contribution in [0.1, 0.15) is 26.2 Å². The molecule has 0 amide bonds. The van der Waals surface area contributed by atoms with E-state index in [0.29, 0.717) is 12.8 Å². The lowest BCUT2D eigenvalue weighted by atomic mass is 10.1. The fourth-order valence-electron chi connectivity index (χ4n) is 1.63. The van der Waals surface area contributed by atoms with Crippen molar-refractivity contribution in [2.75, 3.05) is 7.11 Å². The minimum atomic E-state index is -0.986. The standard InChI is InChI=1S/C13H16FNO5/c1-3-4-5-11(13(16)19-2)20-12-8-9(14)6-7-10(12)15(17)18/h6-8,11H,3-5H2,1-2H3. The molecule has 0 N–H and O–H groups in total. The molecule has 0 aliphatic heterocycles. The van der Waals surface area contributed by atoms with Gasteiger partial charge in [0.2, 0.25) is 5.75 Å². The number of ether oxygens (including phenoxy) is 2. The minimum Gasteiger partial charge on any atom is -0.471 e. The van der Waals surface area contributed by atoms with Gasteiger partial charge in [0.05, 0.1) is 12.0 Å². The smallest absolute Gasteiger partial charge is 0.347 e. The Hall–Kier alpha value is -2.18. The molecular weight excluding hydrogens is 269 g/mol. The highest BCUT2D eigenvalue weighted by Crippen LogP contribution is 2.29. The van der Waals surface area contributed by atoms with E-state index in [-0.39, 0.29) is 5.75 Å². The first-order chi connectivity index (χ1) is 9.49. The predicted molar refractivity (Wildman–Crippen MR) is 69.0 cm³/mol. The number of carbonyl (C=O) groups excluding carboxylic acids is 1. The van der Waals surface area contributed by atoms with Crippen molar-refractivity contribution in [1.29, 1.82) is 0 Å². The number of esters is 1. The molecule has 110 valence electrons. The third-order valence-electron chi connectivity index (χ3n) is 2.67. The molecule has 1 aromatic rings. The van der Waals surface area contributed by atoms with Crippen molar-refractivity contribution in [3.05, 3.63) is 34.1 Å². The summed E-state index contributed by atoms with van der Waals surface area (Å²) in [7, 11) is 1.20. The average molecular weight is 285 g/mol. The van der Waals surface area contributed by atoms with Gasteiger partial charge in [-0.2, -0.15) is 0 Å². The van der Waals surface area contributed by atoms with Crippen molar-refractivity contribution >= 4 is 11.7 Å². The van der Waals surface area contributed by atoms with Gasteiger partial charge in [-0.25, -0.2) is 9.18 Å². The summed E-state index contributed by atoms with van der Waals surface area (Å²) in [4.78, 5) is 21.7. The molecule has 0 saturated carbocycles. The number of nitrogens with zero attached hydrogens (tertiary/aromatic N) is 1. The highest BCUT2D eigenvalue weighted by Gasteiger charge is 2.25. The number of methoxy groups -OCH3 is 1. The summed E-state index contributed by atoms with van der Waals surface area (Å²) in [5, 5.41) is 10.9. The van der Waals surface area contributed by atoms with Crippen LogP contribution in [-0.4, -0.2) is 24.1 Å². The lowest BCUT2D eigenvalue weighted by molar-refractivity contribution is -0.386. The number of nitro groups is 1. The number of nitro benzene ring substituents is 1. The van der Waals surface area contributed by atoms with Gasteiger partial charge in [0.15, 0.2) is 6.10 Å². The summed E-state index contributed by atoms with van der Waals surface area (Å²) < 4.78 is 23.0. The molecule has 0 heterocycles. The van der Waals surface area contributed by atoms with Crippen molar-refractivity contribution in [3.63, 3.8) is 0 Å². The third-order valence-corrected chi connectivity index (χ3v) is 2.67. The van der Waals surface area contributed by atoms with Gasteiger partial charge in [-0.3, -0.25) is 10.1 Å². The van der Waals surface area contributed by atoms with Crippen LogP contribution < -0.4 is 4.74 Å². The van der Waals surface area contributed by atoms with Crippen LogP contribution in [0, 0.1) is 15.9 Å². The second-order valence-electron chi connectivity index (χ2n) is 4.14. The summed E-state index contributed by atoms with van der Waals surface area (Å²) >= 11 is 0. The molecule has 0 spiro atoms. The molecule has 0 aliphatic carbocycles. The Morgan fingerprint density at radius 1 is 1.50 bits per heavy atom. The van der Waals surface area contributed by atoms with Crippen molar-refractivity contribution in [2.24, 2.45) is 0 Å². The highest BCUT2D eigenvalue weighted by molar-refractivity contribution is 5.75. The molecule has 0 saturated heterocycles. The van der Waals surface area contributed by atoms with Gasteiger partial charge in [-0.1, -0.05) is 13.3 Å². The molecule has 0 aromatic heterocycles. The van der Waals surface area contributed by atoms with E-state index in [1.54, 1.807) is 0 Å². The van der Waals surface area contributed by atoms with E-state index in [4.69, 9.17) is 4.74 Å². The zero-order valence-corrected chi connectivity index (χ0v) is 11.3. The largest absolute Gasteiger partial charge is 0.471 e. The van der Waals surface area contributed by atoms with Gasteiger partial charge in [0.25, 0.3) is 0 Å². The first-order valence-electron chi connectivity index (χ1n) is 6.18. The topological polar surface area (TPSA) is 78.7 Å². The van der Waals surface area contributed by atoms with E-state index < -0.39 is 28.5 Å². The molecule has 1 rings (SSSR count). The number of carbonyl (C=O) groups is 1. The number of benzene rings is 1. The Balaban J connectivity index is 3.00. The van der Waals surface area contributed by atoms with Crippen LogP contribution in [0.5, 0.6) is 5.75 Å². The molecule has 0 radical (unpaired) electrons. The number of rotatable bonds is 7. The lowest BCUT2D eigenvalue weighted by Gasteiger charge is -2.16. The van der Waals surface area contributed by atoms with E-state index in [2.05, 4.69) is 4.74 Å². The maximum absolute atomic E-state index is 13.2. The minimum absolute atomic E-state index is 0.276. The maximum atomic E-state index is 13.2. The van der Waals surface area contributed by atoms with Crippen molar-refractivity contribution in [1.82, 2.24) is 0 Å². The van der Waals surface area contributed by atoms with Crippen LogP contribution in [-0.2, 0) is 9.53 Å². The number of unbranched alkanes of at least 4 members (excludes halogenated alkanes) is 1. The zero-order valence-electron chi connectivity index (χ0n) is 11.3. The molecule has 0 aliphatic rings. The third kappa shape index (κ3) is 4.18. The first-order valence-corrected chi connectivity index (χ1v) is 6.18. The summed E-state index contributed by atoms with van der Waals surface area (Å²) in [5.74, 6) is -1.59. The molecule has 0 fully saturated rings. The summed E-state index contributed by atoms with van der Waals surface area (Å²) in [5.41, 5.74) is -0.392. The van der Waals surface area contributed by atoms with Gasteiger partial charge in [-0.05, 0) is 18.9 Å². The fourth-order valence-corrected chi connectivity index (χ4v) is 1.63. The Morgan fingerprint density at radius 3 is 2.75 bits per heavy atom. The molecular formula is C13H16FNO5. The number of hydrogen-bond donors (Lipinski definition) is 0.